The van der Waals surface area contributed by atoms with E-state index in [0.717, 1.165) is 6.20 Å². The Hall–Kier alpha value is -3.55. The molecule has 0 bridgehead atoms. The summed E-state index contributed by atoms with van der Waals surface area (Å²) in [5.74, 6) is -2.03. The highest BCUT2D eigenvalue weighted by atomic mass is 79.9. The molecule has 3 atom stereocenters. The molecule has 33 heavy (non-hydrogen) atoms. The van der Waals surface area contributed by atoms with Crippen LogP contribution in [0.5, 0.6) is 0 Å². The molecule has 1 aromatic heterocycles. The zero-order valence-corrected chi connectivity index (χ0v) is 18.8. The summed E-state index contributed by atoms with van der Waals surface area (Å²) in [6.45, 7) is 4.50. The molecule has 1 rings (SSSR count). The minimum Gasteiger partial charge on any atom is -0.476 e. The van der Waals surface area contributed by atoms with Crippen LogP contribution in [-0.4, -0.2) is 75.5 Å². The third-order valence-electron chi connectivity index (χ3n) is 3.32. The largest absolute Gasteiger partial charge is 0.476 e. The van der Waals surface area contributed by atoms with Gasteiger partial charge in [-0.25, -0.2) is 9.78 Å². The van der Waals surface area contributed by atoms with Crippen molar-refractivity contribution in [2.45, 2.75) is 46.3 Å². The number of carboxylic acid groups (broad SMARTS) is 1. The number of Topliss-reactive ketones (excluding diaryl/α,β-unsaturated/α-hetero) is 2. The van der Waals surface area contributed by atoms with Crippen molar-refractivity contribution in [1.82, 2.24) is 25.9 Å². The lowest BCUT2D eigenvalue weighted by atomic mass is 10.2. The summed E-state index contributed by atoms with van der Waals surface area (Å²) < 4.78 is 19.5. The van der Waals surface area contributed by atoms with E-state index in [9.17, 15) is 33.6 Å². The van der Waals surface area contributed by atoms with E-state index >= 15 is 0 Å². The molecule has 4 N–H and O–H groups in total. The van der Waals surface area contributed by atoms with Crippen molar-refractivity contribution in [1.29, 1.82) is 0 Å². The third-order valence-corrected chi connectivity index (χ3v) is 3.87. The minimum absolute atomic E-state index is 0. The molecule has 0 aliphatic heterocycles. The highest BCUT2D eigenvalue weighted by Gasteiger charge is 2.09. The molecule has 0 spiro atoms. The fraction of sp³-hybridized carbons (Fsp3) is 0.421. The smallest absolute Gasteiger partial charge is 0.356 e. The van der Waals surface area contributed by atoms with Crippen molar-refractivity contribution in [3.63, 3.8) is 0 Å². The predicted octanol–water partition coefficient (Wildman–Crippen LogP) is -0.408. The second-order valence-corrected chi connectivity index (χ2v) is 6.22. The Bertz CT molecular complexity index is 921. The fourth-order valence-corrected chi connectivity index (χ4v) is 1.87. The summed E-state index contributed by atoms with van der Waals surface area (Å²) in [7, 11) is 0. The van der Waals surface area contributed by atoms with Crippen LogP contribution in [0, 0.1) is 0 Å². The SMILES string of the molecule is C.[2H]C(=O)NC(C)C(=O)C=O.[2H]C(=O)NC(C)C(=O)CBr.[2H]C(=O)NC(C)c1cnc(C(=O)O)cn1. The monoisotopic (exact) mass is 536 g/mol. The summed E-state index contributed by atoms with van der Waals surface area (Å²) >= 11 is 2.94. The first-order chi connectivity index (χ1) is 16.2. The maximum Gasteiger partial charge on any atom is 0.356 e. The number of ketones is 2. The molecule has 0 saturated carbocycles. The van der Waals surface area contributed by atoms with Gasteiger partial charge in [0.05, 0.1) is 41.5 Å². The molecule has 184 valence electrons. The molecular weight excluding hydrogens is 506 g/mol. The maximum atomic E-state index is 10.7. The average Bonchev–Trinajstić information content (AvgIpc) is 2.77. The zero-order valence-electron chi connectivity index (χ0n) is 20.2. The van der Waals surface area contributed by atoms with Crippen LogP contribution < -0.4 is 16.0 Å². The Balaban J connectivity index is -0.000000464. The van der Waals surface area contributed by atoms with Gasteiger partial charge in [-0.15, -0.1) is 0 Å². The van der Waals surface area contributed by atoms with Crippen molar-refractivity contribution in [3.8, 4) is 0 Å². The number of carbonyl (C=O) groups is 7. The number of aromatic carboxylic acids is 1. The summed E-state index contributed by atoms with van der Waals surface area (Å²) in [5, 5.41) is 15.1. The zero-order chi connectivity index (χ0) is 27.7. The van der Waals surface area contributed by atoms with Gasteiger partial charge in [0.15, 0.2) is 17.8 Å². The Kier molecular flexibility index (Phi) is 17.0. The fourth-order valence-electron chi connectivity index (χ4n) is 1.38. The molecule has 1 heterocycles. The molecule has 0 aliphatic carbocycles. The number of halogens is 1. The number of rotatable bonds is 9. The van der Waals surface area contributed by atoms with Gasteiger partial charge in [0.25, 0.3) is 0 Å². The second kappa shape index (κ2) is 20.4. The Morgan fingerprint density at radius 2 is 1.52 bits per heavy atom. The lowest BCUT2D eigenvalue weighted by molar-refractivity contribution is -0.131. The van der Waals surface area contributed by atoms with E-state index in [0.29, 0.717) is 5.69 Å². The summed E-state index contributed by atoms with van der Waals surface area (Å²) in [5.41, 5.74) is 0.240. The lowest BCUT2D eigenvalue weighted by Crippen LogP contribution is -2.33. The van der Waals surface area contributed by atoms with Gasteiger partial charge in [0, 0.05) is 0 Å². The molecular formula is C19H28BrN5O8. The first-order valence-electron chi connectivity index (χ1n) is 10.1. The van der Waals surface area contributed by atoms with E-state index < -0.39 is 49.0 Å². The molecule has 1 aromatic rings. The van der Waals surface area contributed by atoms with Gasteiger partial charge in [0.1, 0.15) is 4.11 Å². The van der Waals surface area contributed by atoms with Crippen molar-refractivity contribution in [2.24, 2.45) is 0 Å². The van der Waals surface area contributed by atoms with Gasteiger partial charge >= 0.3 is 5.97 Å². The van der Waals surface area contributed by atoms with Crippen molar-refractivity contribution in [3.05, 3.63) is 23.8 Å². The number of hydrogen-bond donors (Lipinski definition) is 4. The molecule has 0 aliphatic rings. The number of hydrogen-bond acceptors (Lipinski definition) is 9. The summed E-state index contributed by atoms with van der Waals surface area (Å²) in [6, 6.07) is -1.92. The average molecular weight is 537 g/mol. The number of nitrogens with zero attached hydrogens (tertiary/aromatic N) is 2. The van der Waals surface area contributed by atoms with E-state index in [4.69, 9.17) is 9.22 Å². The Labute approximate surface area is 203 Å². The van der Waals surface area contributed by atoms with Crippen LogP contribution in [0.25, 0.3) is 0 Å². The van der Waals surface area contributed by atoms with Crippen LogP contribution in [0.3, 0.4) is 0 Å². The van der Waals surface area contributed by atoms with E-state index in [1.807, 2.05) is 5.32 Å². The Morgan fingerprint density at radius 3 is 1.88 bits per heavy atom. The maximum absolute atomic E-state index is 10.7. The third kappa shape index (κ3) is 15.8. The Morgan fingerprint density at radius 1 is 1.00 bits per heavy atom. The molecule has 13 nitrogen and oxygen atoms in total. The first kappa shape index (κ1) is 27.5. The number of amides is 3. The van der Waals surface area contributed by atoms with Crippen LogP contribution >= 0.6 is 15.9 Å². The number of nitrogens with one attached hydrogen (secondary N) is 3. The van der Waals surface area contributed by atoms with Crippen LogP contribution in [0.2, 0.25) is 0 Å². The van der Waals surface area contributed by atoms with E-state index in [2.05, 4.69) is 36.5 Å². The standard InChI is InChI=1S/C8H9N3O3.C5H8BrNO2.C5H7NO3.CH4/c1-5(11-4-12)6-2-10-7(3-9-6)8(13)14;1-4(7-3-8)5(9)2-6;1-4(6-3-8)5(9)2-7;/h2-5H,1H3,(H,11,12)(H,13,14);3-4H,2H2,1H3,(H,7,8);2-4H,1H3,(H,6,8);1H4/i4D;2*3D;. The molecule has 3 unspecified atom stereocenters. The van der Waals surface area contributed by atoms with Crippen LogP contribution in [0.1, 0.15) is 54.5 Å². The number of aromatic nitrogens is 2. The lowest BCUT2D eigenvalue weighted by Gasteiger charge is -2.08. The van der Waals surface area contributed by atoms with Crippen LogP contribution in [0.15, 0.2) is 12.4 Å². The predicted molar refractivity (Wildman–Crippen MR) is 121 cm³/mol. The highest BCUT2D eigenvalue weighted by molar-refractivity contribution is 9.09. The normalized spacial score (nSPS) is 12.8. The molecule has 0 radical (unpaired) electrons. The van der Waals surface area contributed by atoms with Crippen molar-refractivity contribution >= 4 is 58.9 Å². The van der Waals surface area contributed by atoms with E-state index in [-0.39, 0.29) is 30.5 Å². The van der Waals surface area contributed by atoms with Gasteiger partial charge in [-0.05, 0) is 20.8 Å². The highest BCUT2D eigenvalue weighted by Crippen LogP contribution is 2.06. The van der Waals surface area contributed by atoms with E-state index in [1.165, 1.54) is 20.0 Å². The van der Waals surface area contributed by atoms with Crippen LogP contribution in [0.4, 0.5) is 0 Å². The molecule has 0 fully saturated rings. The van der Waals surface area contributed by atoms with Crippen molar-refractivity contribution < 1.29 is 42.8 Å². The van der Waals surface area contributed by atoms with Gasteiger partial charge in [-0.1, -0.05) is 23.4 Å². The molecule has 0 aromatic carbocycles. The summed E-state index contributed by atoms with van der Waals surface area (Å²) in [4.78, 5) is 79.2. The van der Waals surface area contributed by atoms with Gasteiger partial charge in [0.2, 0.25) is 24.9 Å². The molecule has 14 heteroatoms. The van der Waals surface area contributed by atoms with Crippen molar-refractivity contribution in [2.75, 3.05) is 5.33 Å². The van der Waals surface area contributed by atoms with Gasteiger partial charge < -0.3 is 21.1 Å². The van der Waals surface area contributed by atoms with Gasteiger partial charge in [-0.2, -0.15) is 0 Å². The second-order valence-electron chi connectivity index (χ2n) is 5.66. The van der Waals surface area contributed by atoms with Gasteiger partial charge in [-0.3, -0.25) is 33.8 Å². The molecule has 0 saturated heterocycles. The quantitative estimate of drug-likeness (QED) is 0.182. The van der Waals surface area contributed by atoms with E-state index in [1.54, 1.807) is 6.92 Å². The topological polar surface area (TPSA) is 202 Å². The summed E-state index contributed by atoms with van der Waals surface area (Å²) in [6.07, 6.45) is -0.453. The number of alkyl halides is 1. The first-order valence-corrected chi connectivity index (χ1v) is 9.72. The number of carbonyl (C=O) groups excluding carboxylic acids is 6. The van der Waals surface area contributed by atoms with Crippen LogP contribution in [-0.2, 0) is 28.8 Å². The minimum atomic E-state index is -1.16. The number of aldehydes is 1. The number of carboxylic acids is 1. The molecule has 3 amide bonds.